The molecule has 2 aromatic heterocycles. The van der Waals surface area contributed by atoms with E-state index >= 15 is 0 Å². The molecule has 0 saturated carbocycles. The van der Waals surface area contributed by atoms with Gasteiger partial charge in [0.1, 0.15) is 16.5 Å². The minimum atomic E-state index is 0.601. The Bertz CT molecular complexity index is 1010. The van der Waals surface area contributed by atoms with E-state index < -0.39 is 0 Å². The fourth-order valence-corrected chi connectivity index (χ4v) is 5.73. The van der Waals surface area contributed by atoms with Crippen LogP contribution in [-0.4, -0.2) is 41.2 Å². The van der Waals surface area contributed by atoms with Crippen molar-refractivity contribution in [3.05, 3.63) is 44.5 Å². The zero-order valence-electron chi connectivity index (χ0n) is 15.3. The molecule has 0 spiro atoms. The van der Waals surface area contributed by atoms with Gasteiger partial charge in [-0.1, -0.05) is 23.2 Å². The average molecular weight is 435 g/mol. The number of benzene rings is 1. The molecule has 0 radical (unpaired) electrons. The van der Waals surface area contributed by atoms with Crippen molar-refractivity contribution in [2.24, 2.45) is 0 Å². The molecule has 0 bridgehead atoms. The third-order valence-corrected chi connectivity index (χ3v) is 6.83. The maximum absolute atomic E-state index is 6.19. The Morgan fingerprint density at radius 2 is 1.86 bits per heavy atom. The van der Waals surface area contributed by atoms with Crippen molar-refractivity contribution in [3.8, 4) is 0 Å². The maximum Gasteiger partial charge on any atom is 0.146 e. The highest BCUT2D eigenvalue weighted by atomic mass is 35.5. The molecule has 1 saturated heterocycles. The van der Waals surface area contributed by atoms with E-state index in [9.17, 15) is 0 Å². The van der Waals surface area contributed by atoms with Crippen molar-refractivity contribution in [1.82, 2.24) is 14.9 Å². The number of aryl methyl sites for hydroxylation is 2. The molecule has 0 atom stereocenters. The third kappa shape index (κ3) is 3.72. The number of rotatable bonds is 4. The quantitative estimate of drug-likeness (QED) is 0.621. The largest absolute Gasteiger partial charge is 0.379 e. The van der Waals surface area contributed by atoms with Crippen LogP contribution in [0.4, 0.5) is 11.5 Å². The van der Waals surface area contributed by atoms with Crippen molar-refractivity contribution in [2.45, 2.75) is 25.8 Å². The predicted molar refractivity (Wildman–Crippen MR) is 115 cm³/mol. The van der Waals surface area contributed by atoms with Crippen LogP contribution in [0.3, 0.4) is 0 Å². The number of nitrogens with zero attached hydrogens (tertiary/aromatic N) is 3. The van der Waals surface area contributed by atoms with Crippen LogP contribution in [-0.2, 0) is 24.1 Å². The van der Waals surface area contributed by atoms with E-state index in [0.717, 1.165) is 73.2 Å². The Morgan fingerprint density at radius 1 is 1.07 bits per heavy atom. The summed E-state index contributed by atoms with van der Waals surface area (Å²) in [6, 6.07) is 5.47. The topological polar surface area (TPSA) is 50.3 Å². The summed E-state index contributed by atoms with van der Waals surface area (Å²) in [5.74, 6) is 1.69. The van der Waals surface area contributed by atoms with Gasteiger partial charge in [0.15, 0.2) is 0 Å². The molecule has 1 N–H and O–H groups in total. The van der Waals surface area contributed by atoms with Crippen LogP contribution in [0.25, 0.3) is 10.2 Å². The van der Waals surface area contributed by atoms with E-state index in [1.54, 1.807) is 6.07 Å². The molecular formula is C20H20Cl2N4OS. The number of halogens is 2. The maximum atomic E-state index is 6.19. The summed E-state index contributed by atoms with van der Waals surface area (Å²) in [7, 11) is 0. The average Bonchev–Trinajstić information content (AvgIpc) is 3.22. The second-order valence-corrected chi connectivity index (χ2v) is 9.15. The van der Waals surface area contributed by atoms with Gasteiger partial charge in [-0.25, -0.2) is 9.97 Å². The Morgan fingerprint density at radius 3 is 2.64 bits per heavy atom. The molecule has 1 aliphatic carbocycles. The number of fused-ring (bicyclic) bond motifs is 3. The summed E-state index contributed by atoms with van der Waals surface area (Å²) in [5, 5.41) is 5.82. The first-order valence-electron chi connectivity index (χ1n) is 9.50. The van der Waals surface area contributed by atoms with E-state index in [1.807, 2.05) is 23.5 Å². The molecule has 28 heavy (non-hydrogen) atoms. The summed E-state index contributed by atoms with van der Waals surface area (Å²) < 4.78 is 5.46. The molecule has 2 aliphatic rings. The fraction of sp³-hybridized carbons (Fsp3) is 0.400. The summed E-state index contributed by atoms with van der Waals surface area (Å²) >= 11 is 14.2. The normalized spacial score (nSPS) is 17.2. The number of anilines is 2. The summed E-state index contributed by atoms with van der Waals surface area (Å²) in [5.41, 5.74) is 2.24. The molecule has 0 unspecified atom stereocenters. The van der Waals surface area contributed by atoms with Gasteiger partial charge in [0.25, 0.3) is 0 Å². The number of nitrogens with one attached hydrogen (secondary N) is 1. The number of hydrogen-bond acceptors (Lipinski definition) is 6. The highest BCUT2D eigenvalue weighted by molar-refractivity contribution is 7.19. The van der Waals surface area contributed by atoms with E-state index in [2.05, 4.69) is 10.2 Å². The lowest BCUT2D eigenvalue weighted by Gasteiger charge is -2.25. The number of hydrogen-bond donors (Lipinski definition) is 1. The number of thiophene rings is 1. The van der Waals surface area contributed by atoms with Gasteiger partial charge >= 0.3 is 0 Å². The molecule has 8 heteroatoms. The minimum absolute atomic E-state index is 0.601. The van der Waals surface area contributed by atoms with Crippen LogP contribution in [0.15, 0.2) is 18.2 Å². The highest BCUT2D eigenvalue weighted by Gasteiger charge is 2.23. The van der Waals surface area contributed by atoms with Gasteiger partial charge in [0, 0.05) is 33.7 Å². The van der Waals surface area contributed by atoms with Gasteiger partial charge in [-0.3, -0.25) is 4.90 Å². The summed E-state index contributed by atoms with van der Waals surface area (Å²) in [6.45, 7) is 4.08. The first kappa shape index (κ1) is 18.6. The van der Waals surface area contributed by atoms with Crippen molar-refractivity contribution in [2.75, 3.05) is 31.6 Å². The van der Waals surface area contributed by atoms with Gasteiger partial charge < -0.3 is 10.1 Å². The van der Waals surface area contributed by atoms with Gasteiger partial charge in [0.05, 0.1) is 25.1 Å². The van der Waals surface area contributed by atoms with Crippen LogP contribution in [0.2, 0.25) is 10.0 Å². The molecule has 5 nitrogen and oxygen atoms in total. The number of morpholine rings is 1. The predicted octanol–water partition coefficient (Wildman–Crippen LogP) is 5.06. The van der Waals surface area contributed by atoms with Crippen molar-refractivity contribution >= 4 is 56.3 Å². The number of aromatic nitrogens is 2. The van der Waals surface area contributed by atoms with Crippen molar-refractivity contribution in [3.63, 3.8) is 0 Å². The SMILES string of the molecule is Clc1cc(Cl)cc(Nc2nc(CN3CCOCC3)nc3sc4c(c23)CCC4)c1. The molecule has 1 aromatic carbocycles. The summed E-state index contributed by atoms with van der Waals surface area (Å²) in [6.07, 6.45) is 3.43. The molecule has 3 aromatic rings. The Hall–Kier alpha value is -1.44. The summed E-state index contributed by atoms with van der Waals surface area (Å²) in [4.78, 5) is 14.7. The van der Waals surface area contributed by atoms with E-state index in [-0.39, 0.29) is 0 Å². The first-order chi connectivity index (χ1) is 13.7. The lowest BCUT2D eigenvalue weighted by molar-refractivity contribution is 0.0331. The van der Waals surface area contributed by atoms with E-state index in [4.69, 9.17) is 37.9 Å². The molecule has 1 fully saturated rings. The minimum Gasteiger partial charge on any atom is -0.379 e. The van der Waals surface area contributed by atoms with Crippen LogP contribution in [0.5, 0.6) is 0 Å². The highest BCUT2D eigenvalue weighted by Crippen LogP contribution is 2.40. The lowest BCUT2D eigenvalue weighted by atomic mass is 10.2. The van der Waals surface area contributed by atoms with Gasteiger partial charge in [0.2, 0.25) is 0 Å². The number of ether oxygens (including phenoxy) is 1. The molecule has 5 rings (SSSR count). The Balaban J connectivity index is 1.56. The molecule has 3 heterocycles. The van der Waals surface area contributed by atoms with E-state index in [1.165, 1.54) is 16.9 Å². The second-order valence-electron chi connectivity index (χ2n) is 7.20. The molecule has 1 aliphatic heterocycles. The van der Waals surface area contributed by atoms with Crippen LogP contribution in [0.1, 0.15) is 22.7 Å². The smallest absolute Gasteiger partial charge is 0.146 e. The van der Waals surface area contributed by atoms with Gasteiger partial charge in [-0.2, -0.15) is 0 Å². The standard InChI is InChI=1S/C20H20Cl2N4OS/c21-12-8-13(22)10-14(9-12)23-19-18-15-2-1-3-16(15)28-20(18)25-17(24-19)11-26-4-6-27-7-5-26/h8-10H,1-7,11H2,(H,23,24,25). The van der Waals surface area contributed by atoms with Crippen molar-refractivity contribution in [1.29, 1.82) is 0 Å². The lowest BCUT2D eigenvalue weighted by Crippen LogP contribution is -2.36. The molecule has 146 valence electrons. The molecular weight excluding hydrogens is 415 g/mol. The van der Waals surface area contributed by atoms with Crippen molar-refractivity contribution < 1.29 is 4.74 Å². The third-order valence-electron chi connectivity index (χ3n) is 5.21. The zero-order valence-corrected chi connectivity index (χ0v) is 17.6. The van der Waals surface area contributed by atoms with Gasteiger partial charge in [-0.15, -0.1) is 11.3 Å². The van der Waals surface area contributed by atoms with Gasteiger partial charge in [-0.05, 0) is 43.0 Å². The Labute approximate surface area is 177 Å². The van der Waals surface area contributed by atoms with Crippen LogP contribution >= 0.6 is 34.5 Å². The second kappa shape index (κ2) is 7.76. The zero-order chi connectivity index (χ0) is 19.1. The molecule has 0 amide bonds. The monoisotopic (exact) mass is 434 g/mol. The van der Waals surface area contributed by atoms with Crippen LogP contribution < -0.4 is 5.32 Å². The fourth-order valence-electron chi connectivity index (χ4n) is 3.92. The van der Waals surface area contributed by atoms with E-state index in [0.29, 0.717) is 10.0 Å². The first-order valence-corrected chi connectivity index (χ1v) is 11.1. The van der Waals surface area contributed by atoms with Crippen LogP contribution in [0, 0.1) is 0 Å². The Kier molecular flexibility index (Phi) is 5.15.